The van der Waals surface area contributed by atoms with E-state index in [0.717, 1.165) is 11.8 Å². The summed E-state index contributed by atoms with van der Waals surface area (Å²) in [7, 11) is -3.43. The van der Waals surface area contributed by atoms with Crippen molar-refractivity contribution in [2.75, 3.05) is 32.5 Å². The number of nitrogens with zero attached hydrogens (tertiary/aromatic N) is 1. The van der Waals surface area contributed by atoms with Gasteiger partial charge in [0.25, 0.3) is 0 Å². The average Bonchev–Trinajstić information content (AvgIpc) is 3.11. The first-order valence-corrected chi connectivity index (χ1v) is 9.78. The summed E-state index contributed by atoms with van der Waals surface area (Å²) < 4.78 is 30.3. The van der Waals surface area contributed by atoms with Gasteiger partial charge in [0.1, 0.15) is 11.7 Å². The fourth-order valence-corrected chi connectivity index (χ4v) is 3.83. The van der Waals surface area contributed by atoms with Crippen LogP contribution in [0.15, 0.2) is 30.3 Å². The molecule has 0 aromatic heterocycles. The summed E-state index contributed by atoms with van der Waals surface area (Å²) in [5.74, 6) is -0.173. The van der Waals surface area contributed by atoms with Crippen LogP contribution in [-0.4, -0.2) is 68.5 Å². The predicted molar refractivity (Wildman–Crippen MR) is 87.9 cm³/mol. The van der Waals surface area contributed by atoms with Gasteiger partial charge in [0.2, 0.25) is 15.9 Å². The van der Waals surface area contributed by atoms with Crippen molar-refractivity contribution in [1.29, 1.82) is 0 Å². The summed E-state index contributed by atoms with van der Waals surface area (Å²) >= 11 is 0. The molecule has 2 saturated heterocycles. The number of benzene rings is 1. The third kappa shape index (κ3) is 3.61. The zero-order valence-corrected chi connectivity index (χ0v) is 14.3. The molecule has 3 atom stereocenters. The van der Waals surface area contributed by atoms with E-state index in [0.29, 0.717) is 13.0 Å². The number of aliphatic hydroxyl groups excluding tert-OH is 1. The van der Waals surface area contributed by atoms with Crippen LogP contribution in [0, 0.1) is 0 Å². The van der Waals surface area contributed by atoms with E-state index < -0.39 is 21.7 Å². The van der Waals surface area contributed by atoms with Crippen LogP contribution in [0.4, 0.5) is 0 Å². The molecule has 0 radical (unpaired) electrons. The molecule has 2 N–H and O–H groups in total. The molecule has 1 amide bonds. The third-order valence-corrected chi connectivity index (χ3v) is 5.40. The zero-order chi connectivity index (χ0) is 17.4. The Kier molecular flexibility index (Phi) is 4.65. The lowest BCUT2D eigenvalue weighted by molar-refractivity contribution is -0.130. The summed E-state index contributed by atoms with van der Waals surface area (Å²) in [6, 6.07) is 9.96. The number of β-amino-alcohol motifs (C(OH)–C–C–N with tert-alkyl or cyclic N) is 1. The Bertz CT molecular complexity index is 708. The second-order valence-electron chi connectivity index (χ2n) is 6.57. The minimum atomic E-state index is -3.43. The molecule has 1 spiro atoms. The van der Waals surface area contributed by atoms with E-state index in [2.05, 4.69) is 4.72 Å². The predicted octanol–water partition coefficient (Wildman–Crippen LogP) is -0.318. The topological polar surface area (TPSA) is 95.9 Å². The highest BCUT2D eigenvalue weighted by Gasteiger charge is 2.53. The largest absolute Gasteiger partial charge is 0.388 e. The smallest absolute Gasteiger partial charge is 0.237 e. The van der Waals surface area contributed by atoms with Gasteiger partial charge < -0.3 is 14.7 Å². The molecule has 1 aromatic carbocycles. The second kappa shape index (κ2) is 6.44. The highest BCUT2D eigenvalue weighted by Crippen LogP contribution is 2.42. The number of aliphatic hydroxyl groups is 1. The van der Waals surface area contributed by atoms with Gasteiger partial charge in [-0.05, 0) is 12.0 Å². The van der Waals surface area contributed by atoms with Crippen molar-refractivity contribution in [3.8, 4) is 0 Å². The maximum Gasteiger partial charge on any atom is 0.237 e. The maximum atomic E-state index is 12.2. The van der Waals surface area contributed by atoms with Gasteiger partial charge in [-0.2, -0.15) is 0 Å². The molecular formula is C16H22N2O5S. The number of carbonyl (C=O) groups is 1. The number of hydrogen-bond acceptors (Lipinski definition) is 5. The SMILES string of the molecule is CS(=O)(=O)NCC(=O)N1C[C@@H](O)[C@@]2(C[C@@H](c3ccccc3)CO2)C1. The highest BCUT2D eigenvalue weighted by atomic mass is 32.2. The molecule has 0 saturated carbocycles. The molecule has 132 valence electrons. The number of sulfonamides is 1. The van der Waals surface area contributed by atoms with Crippen LogP contribution in [0.3, 0.4) is 0 Å². The summed E-state index contributed by atoms with van der Waals surface area (Å²) in [5, 5.41) is 10.4. The monoisotopic (exact) mass is 354 g/mol. The van der Waals surface area contributed by atoms with Gasteiger partial charge in [-0.15, -0.1) is 0 Å². The zero-order valence-electron chi connectivity index (χ0n) is 13.5. The molecule has 0 aliphatic carbocycles. The molecular weight excluding hydrogens is 332 g/mol. The Morgan fingerprint density at radius 1 is 1.42 bits per heavy atom. The van der Waals surface area contributed by atoms with Gasteiger partial charge in [-0.1, -0.05) is 30.3 Å². The minimum Gasteiger partial charge on any atom is -0.388 e. The Morgan fingerprint density at radius 3 is 2.79 bits per heavy atom. The van der Waals surface area contributed by atoms with E-state index >= 15 is 0 Å². The Hall–Kier alpha value is -1.48. The molecule has 2 fully saturated rings. The molecule has 3 rings (SSSR count). The number of rotatable bonds is 4. The summed E-state index contributed by atoms with van der Waals surface area (Å²) in [6.45, 7) is 0.641. The van der Waals surface area contributed by atoms with Crippen molar-refractivity contribution in [2.24, 2.45) is 0 Å². The Balaban J connectivity index is 1.65. The quantitative estimate of drug-likeness (QED) is 0.773. The molecule has 2 aliphatic heterocycles. The number of carbonyl (C=O) groups excluding carboxylic acids is 1. The van der Waals surface area contributed by atoms with E-state index in [1.807, 2.05) is 30.3 Å². The lowest BCUT2D eigenvalue weighted by atomic mass is 9.87. The lowest BCUT2D eigenvalue weighted by Gasteiger charge is -2.26. The van der Waals surface area contributed by atoms with E-state index in [-0.39, 0.29) is 31.5 Å². The van der Waals surface area contributed by atoms with Crippen molar-refractivity contribution >= 4 is 15.9 Å². The lowest BCUT2D eigenvalue weighted by Crippen LogP contribution is -2.42. The van der Waals surface area contributed by atoms with Crippen LogP contribution in [0.1, 0.15) is 17.9 Å². The number of likely N-dealkylation sites (tertiary alicyclic amines) is 1. The fraction of sp³-hybridized carbons (Fsp3) is 0.562. The minimum absolute atomic E-state index is 0.159. The standard InChI is InChI=1S/C16H22N2O5S/c1-24(21,22)17-8-15(20)18-9-14(19)16(11-18)7-13(10-23-16)12-5-3-2-4-6-12/h2-6,13-14,17,19H,7-11H2,1H3/t13-,14-,16-/m1/s1. The highest BCUT2D eigenvalue weighted by molar-refractivity contribution is 7.88. The first kappa shape index (κ1) is 17.3. The van der Waals surface area contributed by atoms with Crippen LogP contribution in [0.25, 0.3) is 0 Å². The first-order valence-electron chi connectivity index (χ1n) is 7.88. The summed E-state index contributed by atoms with van der Waals surface area (Å²) in [6.07, 6.45) is 0.875. The number of amides is 1. The van der Waals surface area contributed by atoms with Crippen molar-refractivity contribution in [3.05, 3.63) is 35.9 Å². The van der Waals surface area contributed by atoms with E-state index in [1.54, 1.807) is 0 Å². The van der Waals surface area contributed by atoms with E-state index in [4.69, 9.17) is 4.74 Å². The van der Waals surface area contributed by atoms with Crippen LogP contribution in [0.5, 0.6) is 0 Å². The number of nitrogens with one attached hydrogen (secondary N) is 1. The molecule has 1 aromatic rings. The summed E-state index contributed by atoms with van der Waals surface area (Å²) in [5.41, 5.74) is 0.395. The molecule has 24 heavy (non-hydrogen) atoms. The third-order valence-electron chi connectivity index (χ3n) is 4.73. The molecule has 7 nitrogen and oxygen atoms in total. The van der Waals surface area contributed by atoms with Gasteiger partial charge in [0, 0.05) is 12.5 Å². The van der Waals surface area contributed by atoms with Gasteiger partial charge >= 0.3 is 0 Å². The van der Waals surface area contributed by atoms with E-state index in [1.165, 1.54) is 4.90 Å². The van der Waals surface area contributed by atoms with E-state index in [9.17, 15) is 18.3 Å². The Morgan fingerprint density at radius 2 is 2.12 bits per heavy atom. The molecule has 0 bridgehead atoms. The van der Waals surface area contributed by atoms with Crippen molar-refractivity contribution in [1.82, 2.24) is 9.62 Å². The first-order chi connectivity index (χ1) is 11.3. The molecule has 2 aliphatic rings. The normalized spacial score (nSPS) is 30.2. The van der Waals surface area contributed by atoms with Crippen LogP contribution >= 0.6 is 0 Å². The second-order valence-corrected chi connectivity index (χ2v) is 8.40. The van der Waals surface area contributed by atoms with Crippen LogP contribution in [0.2, 0.25) is 0 Å². The number of ether oxygens (including phenoxy) is 1. The Labute approximate surface area is 141 Å². The van der Waals surface area contributed by atoms with Gasteiger partial charge in [-0.25, -0.2) is 13.1 Å². The van der Waals surface area contributed by atoms with Gasteiger partial charge in [0.15, 0.2) is 0 Å². The van der Waals surface area contributed by atoms with Crippen molar-refractivity contribution in [3.63, 3.8) is 0 Å². The van der Waals surface area contributed by atoms with Crippen molar-refractivity contribution in [2.45, 2.75) is 24.0 Å². The average molecular weight is 354 g/mol. The molecule has 8 heteroatoms. The number of hydrogen-bond donors (Lipinski definition) is 2. The van der Waals surface area contributed by atoms with Gasteiger partial charge in [0.05, 0.1) is 26.0 Å². The van der Waals surface area contributed by atoms with Crippen LogP contribution < -0.4 is 4.72 Å². The molecule has 2 heterocycles. The summed E-state index contributed by atoms with van der Waals surface area (Å²) in [4.78, 5) is 13.6. The molecule has 0 unspecified atom stereocenters. The van der Waals surface area contributed by atoms with Gasteiger partial charge in [-0.3, -0.25) is 4.79 Å². The maximum absolute atomic E-state index is 12.2. The van der Waals surface area contributed by atoms with Crippen LogP contribution in [-0.2, 0) is 19.6 Å². The fourth-order valence-electron chi connectivity index (χ4n) is 3.45. The van der Waals surface area contributed by atoms with Crippen molar-refractivity contribution < 1.29 is 23.1 Å².